The van der Waals surface area contributed by atoms with Crippen molar-refractivity contribution in [1.82, 2.24) is 4.98 Å². The molecule has 24 heavy (non-hydrogen) atoms. The summed E-state index contributed by atoms with van der Waals surface area (Å²) in [6.07, 6.45) is 3.07. The zero-order chi connectivity index (χ0) is 16.8. The molecule has 0 fully saturated rings. The van der Waals surface area contributed by atoms with Crippen LogP contribution in [0.25, 0.3) is 16.3 Å². The molecule has 5 heteroatoms. The van der Waals surface area contributed by atoms with Crippen LogP contribution in [0, 0.1) is 0 Å². The van der Waals surface area contributed by atoms with Crippen molar-refractivity contribution in [1.29, 1.82) is 0 Å². The summed E-state index contributed by atoms with van der Waals surface area (Å²) in [6, 6.07) is 15.8. The van der Waals surface area contributed by atoms with Gasteiger partial charge in [-0.25, -0.2) is 9.78 Å². The number of carbonyl (C=O) groups is 1. The lowest BCUT2D eigenvalue weighted by molar-refractivity contribution is -0.137. The molecule has 0 spiro atoms. The Kier molecular flexibility index (Phi) is 5.23. The molecule has 1 aromatic heterocycles. The van der Waals surface area contributed by atoms with Crippen molar-refractivity contribution in [3.05, 3.63) is 65.2 Å². The molecule has 0 saturated heterocycles. The summed E-state index contributed by atoms with van der Waals surface area (Å²) in [5, 5.41) is 0.762. The molecule has 3 rings (SSSR count). The first-order chi connectivity index (χ1) is 11.7. The molecule has 0 aliphatic rings. The molecular formula is C19H17NO3S. The largest absolute Gasteiger partial charge is 0.489 e. The minimum absolute atomic E-state index is 0.358. The minimum Gasteiger partial charge on any atom is -0.489 e. The fourth-order valence-electron chi connectivity index (χ4n) is 2.15. The molecular weight excluding hydrogens is 322 g/mol. The minimum atomic E-state index is -0.358. The number of nitrogens with zero attached hydrogens (tertiary/aromatic N) is 1. The summed E-state index contributed by atoms with van der Waals surface area (Å²) in [4.78, 5) is 15.8. The highest BCUT2D eigenvalue weighted by Gasteiger charge is 2.05. The summed E-state index contributed by atoms with van der Waals surface area (Å²) in [6.45, 7) is 2.67. The molecule has 0 aliphatic heterocycles. The number of hydrogen-bond donors (Lipinski definition) is 0. The Morgan fingerprint density at radius 3 is 2.83 bits per heavy atom. The summed E-state index contributed by atoms with van der Waals surface area (Å²) in [5.74, 6) is 0.444. The Hall–Kier alpha value is -2.66. The number of carbonyl (C=O) groups excluding carboxylic acids is 1. The van der Waals surface area contributed by atoms with Crippen LogP contribution in [0.5, 0.6) is 5.75 Å². The lowest BCUT2D eigenvalue weighted by Gasteiger charge is -2.05. The molecule has 122 valence electrons. The van der Waals surface area contributed by atoms with Crippen molar-refractivity contribution >= 4 is 33.6 Å². The van der Waals surface area contributed by atoms with Crippen LogP contribution in [0.2, 0.25) is 0 Å². The van der Waals surface area contributed by atoms with E-state index in [0.29, 0.717) is 13.2 Å². The topological polar surface area (TPSA) is 48.4 Å². The van der Waals surface area contributed by atoms with E-state index in [1.165, 1.54) is 17.4 Å². The lowest BCUT2D eigenvalue weighted by Crippen LogP contribution is -1.98. The number of fused-ring (bicyclic) bond motifs is 1. The summed E-state index contributed by atoms with van der Waals surface area (Å²) < 4.78 is 11.7. The monoisotopic (exact) mass is 339 g/mol. The third-order valence-electron chi connectivity index (χ3n) is 3.27. The van der Waals surface area contributed by atoms with Gasteiger partial charge in [-0.15, -0.1) is 11.3 Å². The Bertz CT molecular complexity index is 855. The van der Waals surface area contributed by atoms with E-state index in [4.69, 9.17) is 9.47 Å². The van der Waals surface area contributed by atoms with Gasteiger partial charge in [0.1, 0.15) is 17.4 Å². The predicted octanol–water partition coefficient (Wildman–Crippen LogP) is 4.45. The van der Waals surface area contributed by atoms with Gasteiger partial charge in [-0.3, -0.25) is 0 Å². The average Bonchev–Trinajstić information content (AvgIpc) is 3.01. The second kappa shape index (κ2) is 7.75. The van der Waals surface area contributed by atoms with Gasteiger partial charge < -0.3 is 9.47 Å². The van der Waals surface area contributed by atoms with Crippen molar-refractivity contribution in [3.63, 3.8) is 0 Å². The average molecular weight is 339 g/mol. The molecule has 0 amide bonds. The summed E-state index contributed by atoms with van der Waals surface area (Å²) in [7, 11) is 0. The summed E-state index contributed by atoms with van der Waals surface area (Å²) >= 11 is 1.51. The Morgan fingerprint density at radius 1 is 1.21 bits per heavy atom. The predicted molar refractivity (Wildman–Crippen MR) is 96.1 cm³/mol. The van der Waals surface area contributed by atoms with Gasteiger partial charge in [0.2, 0.25) is 0 Å². The highest BCUT2D eigenvalue weighted by molar-refractivity contribution is 7.19. The molecule has 1 heterocycles. The highest BCUT2D eigenvalue weighted by atomic mass is 32.1. The van der Waals surface area contributed by atoms with Crippen molar-refractivity contribution in [3.8, 4) is 5.75 Å². The Morgan fingerprint density at radius 2 is 2.04 bits per heavy atom. The van der Waals surface area contributed by atoms with Crippen LogP contribution in [0.4, 0.5) is 0 Å². The van der Waals surface area contributed by atoms with Crippen LogP contribution < -0.4 is 4.74 Å². The van der Waals surface area contributed by atoms with Crippen LogP contribution in [-0.2, 0) is 16.1 Å². The normalized spacial score (nSPS) is 11.0. The molecule has 2 aromatic carbocycles. The molecule has 0 bridgehead atoms. The van der Waals surface area contributed by atoms with Gasteiger partial charge in [0.15, 0.2) is 0 Å². The summed E-state index contributed by atoms with van der Waals surface area (Å²) in [5.41, 5.74) is 2.01. The number of hydrogen-bond acceptors (Lipinski definition) is 5. The van der Waals surface area contributed by atoms with Crippen molar-refractivity contribution in [2.45, 2.75) is 13.5 Å². The second-order valence-electron chi connectivity index (χ2n) is 5.04. The number of thiazole rings is 1. The highest BCUT2D eigenvalue weighted by Crippen LogP contribution is 2.27. The smallest absolute Gasteiger partial charge is 0.330 e. The van der Waals surface area contributed by atoms with Gasteiger partial charge in [0.25, 0.3) is 0 Å². The standard InChI is InChI=1S/C19H17NO3S/c1-2-22-19(21)11-10-18-20-16-9-8-15(12-17(16)24-18)23-13-14-6-4-3-5-7-14/h3-12H,2,13H2,1H3/b11-10+. The van der Waals surface area contributed by atoms with E-state index in [1.807, 2.05) is 48.5 Å². The molecule has 0 aliphatic carbocycles. The van der Waals surface area contributed by atoms with E-state index in [-0.39, 0.29) is 5.97 Å². The van der Waals surface area contributed by atoms with Gasteiger partial charge in [0, 0.05) is 6.08 Å². The van der Waals surface area contributed by atoms with E-state index >= 15 is 0 Å². The van der Waals surface area contributed by atoms with E-state index < -0.39 is 0 Å². The molecule has 0 unspecified atom stereocenters. The van der Waals surface area contributed by atoms with Crippen LogP contribution in [0.1, 0.15) is 17.5 Å². The molecule has 0 atom stereocenters. The number of ether oxygens (including phenoxy) is 2. The maximum Gasteiger partial charge on any atom is 0.330 e. The first kappa shape index (κ1) is 16.2. The van der Waals surface area contributed by atoms with Crippen LogP contribution in [-0.4, -0.2) is 17.6 Å². The Balaban J connectivity index is 1.70. The van der Waals surface area contributed by atoms with E-state index in [1.54, 1.807) is 13.0 Å². The van der Waals surface area contributed by atoms with Crippen LogP contribution >= 0.6 is 11.3 Å². The molecule has 3 aromatic rings. The third kappa shape index (κ3) is 4.20. The number of benzene rings is 2. The van der Waals surface area contributed by atoms with Gasteiger partial charge in [-0.2, -0.15) is 0 Å². The Labute approximate surface area is 144 Å². The SMILES string of the molecule is CCOC(=O)/C=C/c1nc2ccc(OCc3ccccc3)cc2s1. The van der Waals surface area contributed by atoms with Gasteiger partial charge in [0.05, 0.1) is 16.8 Å². The molecule has 0 radical (unpaired) electrons. The fraction of sp³-hybridized carbons (Fsp3) is 0.158. The fourth-order valence-corrected chi connectivity index (χ4v) is 3.05. The van der Waals surface area contributed by atoms with Gasteiger partial charge in [-0.05, 0) is 36.8 Å². The number of esters is 1. The van der Waals surface area contributed by atoms with E-state index in [2.05, 4.69) is 4.98 Å². The zero-order valence-electron chi connectivity index (χ0n) is 13.3. The van der Waals surface area contributed by atoms with Crippen molar-refractivity contribution in [2.24, 2.45) is 0 Å². The first-order valence-electron chi connectivity index (χ1n) is 7.67. The van der Waals surface area contributed by atoms with Gasteiger partial charge >= 0.3 is 5.97 Å². The number of rotatable bonds is 6. The third-order valence-corrected chi connectivity index (χ3v) is 4.26. The van der Waals surface area contributed by atoms with E-state index in [9.17, 15) is 4.79 Å². The maximum atomic E-state index is 11.4. The van der Waals surface area contributed by atoms with Crippen LogP contribution in [0.3, 0.4) is 0 Å². The van der Waals surface area contributed by atoms with Crippen molar-refractivity contribution < 1.29 is 14.3 Å². The maximum absolute atomic E-state index is 11.4. The van der Waals surface area contributed by atoms with E-state index in [0.717, 1.165) is 26.5 Å². The molecule has 0 N–H and O–H groups in total. The van der Waals surface area contributed by atoms with Gasteiger partial charge in [-0.1, -0.05) is 30.3 Å². The van der Waals surface area contributed by atoms with Crippen molar-refractivity contribution in [2.75, 3.05) is 6.61 Å². The molecule has 4 nitrogen and oxygen atoms in total. The zero-order valence-corrected chi connectivity index (χ0v) is 14.1. The van der Waals surface area contributed by atoms with Crippen LogP contribution in [0.15, 0.2) is 54.6 Å². The second-order valence-corrected chi connectivity index (χ2v) is 6.10. The molecule has 0 saturated carbocycles. The quantitative estimate of drug-likeness (QED) is 0.492. The first-order valence-corrected chi connectivity index (χ1v) is 8.48. The lowest BCUT2D eigenvalue weighted by atomic mass is 10.2. The number of aromatic nitrogens is 1.